The first-order valence-electron chi connectivity index (χ1n) is 6.11. The van der Waals surface area contributed by atoms with Crippen LogP contribution in [0.4, 0.5) is 0 Å². The molecule has 20 heavy (non-hydrogen) atoms. The van der Waals surface area contributed by atoms with Crippen molar-refractivity contribution in [3.63, 3.8) is 0 Å². The van der Waals surface area contributed by atoms with Gasteiger partial charge in [-0.3, -0.25) is 4.79 Å². The first kappa shape index (κ1) is 12.9. The Morgan fingerprint density at radius 2 is 2.15 bits per heavy atom. The molecule has 7 heteroatoms. The average Bonchev–Trinajstić information content (AvgIpc) is 3.02. The van der Waals surface area contributed by atoms with Gasteiger partial charge in [0, 0.05) is 17.0 Å². The number of aromatic amines is 2. The number of hydrogen-bond donors (Lipinski definition) is 2. The van der Waals surface area contributed by atoms with Crippen LogP contribution in [0.2, 0.25) is 0 Å². The highest BCUT2D eigenvalue weighted by Gasteiger charge is 2.14. The molecule has 3 heterocycles. The molecule has 0 radical (unpaired) electrons. The first-order valence-corrected chi connectivity index (χ1v) is 7.10. The minimum Gasteiger partial charge on any atom is -0.362 e. The molecule has 0 saturated carbocycles. The lowest BCUT2D eigenvalue weighted by Gasteiger charge is -2.01. The summed E-state index contributed by atoms with van der Waals surface area (Å²) in [6, 6.07) is 1.88. The number of rotatable bonds is 4. The van der Waals surface area contributed by atoms with Gasteiger partial charge < -0.3 is 9.97 Å². The van der Waals surface area contributed by atoms with Crippen molar-refractivity contribution in [2.75, 3.05) is 5.75 Å². The lowest BCUT2D eigenvalue weighted by Crippen LogP contribution is -2.03. The number of ketones is 1. The molecule has 102 valence electrons. The van der Waals surface area contributed by atoms with Crippen molar-refractivity contribution < 1.29 is 4.79 Å². The third kappa shape index (κ3) is 2.32. The molecular formula is C13H13N5OS. The third-order valence-corrected chi connectivity index (χ3v) is 3.97. The zero-order valence-corrected chi connectivity index (χ0v) is 11.9. The maximum atomic E-state index is 12.2. The first-order chi connectivity index (χ1) is 9.65. The van der Waals surface area contributed by atoms with E-state index in [2.05, 4.69) is 24.9 Å². The Kier molecular flexibility index (Phi) is 3.27. The van der Waals surface area contributed by atoms with Crippen molar-refractivity contribution in [2.24, 2.45) is 0 Å². The van der Waals surface area contributed by atoms with E-state index in [1.165, 1.54) is 18.1 Å². The summed E-state index contributed by atoms with van der Waals surface area (Å²) in [6.45, 7) is 3.85. The smallest absolute Gasteiger partial charge is 0.181 e. The number of nitrogens with zero attached hydrogens (tertiary/aromatic N) is 3. The van der Waals surface area contributed by atoms with Gasteiger partial charge in [0.25, 0.3) is 0 Å². The van der Waals surface area contributed by atoms with Crippen molar-refractivity contribution in [1.29, 1.82) is 0 Å². The van der Waals surface area contributed by atoms with E-state index in [4.69, 9.17) is 0 Å². The van der Waals surface area contributed by atoms with Crippen molar-refractivity contribution in [3.05, 3.63) is 35.7 Å². The monoisotopic (exact) mass is 287 g/mol. The summed E-state index contributed by atoms with van der Waals surface area (Å²) in [5.74, 6) is 0.423. The number of fused-ring (bicyclic) bond motifs is 1. The second kappa shape index (κ2) is 5.09. The normalized spacial score (nSPS) is 11.1. The molecule has 6 nitrogen and oxygen atoms in total. The van der Waals surface area contributed by atoms with Crippen LogP contribution in [0.1, 0.15) is 21.7 Å². The largest absolute Gasteiger partial charge is 0.362 e. The number of imidazole rings is 1. The van der Waals surface area contributed by atoms with Crippen LogP contribution in [-0.2, 0) is 0 Å². The lowest BCUT2D eigenvalue weighted by atomic mass is 10.2. The summed E-state index contributed by atoms with van der Waals surface area (Å²) in [5.41, 5.74) is 4.03. The highest BCUT2D eigenvalue weighted by molar-refractivity contribution is 8.00. The molecule has 0 aromatic carbocycles. The number of nitrogens with one attached hydrogen (secondary N) is 2. The molecule has 0 aliphatic heterocycles. The van der Waals surface area contributed by atoms with Crippen LogP contribution in [0.25, 0.3) is 11.2 Å². The number of aromatic nitrogens is 5. The molecule has 0 unspecified atom stereocenters. The molecule has 2 N–H and O–H groups in total. The average molecular weight is 287 g/mol. The fraction of sp³-hybridized carbons (Fsp3) is 0.231. The van der Waals surface area contributed by atoms with Gasteiger partial charge in [-0.25, -0.2) is 15.0 Å². The Balaban J connectivity index is 1.78. The van der Waals surface area contributed by atoms with Gasteiger partial charge in [0.2, 0.25) is 0 Å². The van der Waals surface area contributed by atoms with Gasteiger partial charge in [-0.05, 0) is 19.9 Å². The number of carbonyl (C=O) groups excluding carboxylic acids is 1. The van der Waals surface area contributed by atoms with Crippen LogP contribution in [0.5, 0.6) is 0 Å². The Hall–Kier alpha value is -2.15. The van der Waals surface area contributed by atoms with Crippen LogP contribution in [0.3, 0.4) is 0 Å². The van der Waals surface area contributed by atoms with Crippen molar-refractivity contribution >= 4 is 28.7 Å². The lowest BCUT2D eigenvalue weighted by molar-refractivity contribution is 0.102. The minimum atomic E-state index is 0.0862. The van der Waals surface area contributed by atoms with Crippen LogP contribution in [-0.4, -0.2) is 36.5 Å². The zero-order valence-electron chi connectivity index (χ0n) is 11.1. The molecule has 0 spiro atoms. The maximum Gasteiger partial charge on any atom is 0.181 e. The SMILES string of the molecule is Cc1cc(C(=O)CSc2ncnc3nc[nH]c23)c(C)[nH]1. The predicted molar refractivity (Wildman–Crippen MR) is 77.0 cm³/mol. The van der Waals surface area contributed by atoms with Gasteiger partial charge in [0.05, 0.1) is 12.1 Å². The van der Waals surface area contributed by atoms with Gasteiger partial charge in [-0.2, -0.15) is 0 Å². The van der Waals surface area contributed by atoms with E-state index in [-0.39, 0.29) is 5.78 Å². The number of thioether (sulfide) groups is 1. The maximum absolute atomic E-state index is 12.2. The molecule has 0 bridgehead atoms. The van der Waals surface area contributed by atoms with Crippen LogP contribution < -0.4 is 0 Å². The fourth-order valence-corrected chi connectivity index (χ4v) is 2.92. The fourth-order valence-electron chi connectivity index (χ4n) is 2.08. The molecule has 0 aliphatic carbocycles. The number of hydrogen-bond acceptors (Lipinski definition) is 5. The summed E-state index contributed by atoms with van der Waals surface area (Å²) in [6.07, 6.45) is 3.03. The van der Waals surface area contributed by atoms with Crippen LogP contribution >= 0.6 is 11.8 Å². The molecule has 3 aromatic rings. The molecule has 0 atom stereocenters. The molecular weight excluding hydrogens is 274 g/mol. The summed E-state index contributed by atoms with van der Waals surface area (Å²) < 4.78 is 0. The van der Waals surface area contributed by atoms with E-state index >= 15 is 0 Å². The molecule has 0 saturated heterocycles. The molecule has 0 amide bonds. The molecule has 3 aromatic heterocycles. The van der Waals surface area contributed by atoms with Gasteiger partial charge in [0.15, 0.2) is 11.4 Å². The molecule has 3 rings (SSSR count). The van der Waals surface area contributed by atoms with E-state index in [0.717, 1.165) is 27.5 Å². The second-order valence-corrected chi connectivity index (χ2v) is 5.45. The molecule has 0 aliphatic rings. The summed E-state index contributed by atoms with van der Waals surface area (Å²) in [5, 5.41) is 0.741. The standard InChI is InChI=1S/C13H13N5OS/c1-7-3-9(8(2)18-7)10(19)4-20-13-11-12(15-5-14-11)16-6-17-13/h3,5-6,18H,4H2,1-2H3,(H,14,15,16,17). The Bertz CT molecular complexity index is 776. The Morgan fingerprint density at radius 3 is 2.90 bits per heavy atom. The Labute approximate surface area is 119 Å². The summed E-state index contributed by atoms with van der Waals surface area (Å²) >= 11 is 1.39. The van der Waals surface area contributed by atoms with Gasteiger partial charge >= 0.3 is 0 Å². The van der Waals surface area contributed by atoms with Gasteiger partial charge in [0.1, 0.15) is 16.9 Å². The van der Waals surface area contributed by atoms with Crippen molar-refractivity contribution in [3.8, 4) is 0 Å². The van der Waals surface area contributed by atoms with Crippen LogP contribution in [0.15, 0.2) is 23.7 Å². The molecule has 0 fully saturated rings. The minimum absolute atomic E-state index is 0.0862. The van der Waals surface area contributed by atoms with E-state index in [0.29, 0.717) is 11.4 Å². The topological polar surface area (TPSA) is 87.3 Å². The van der Waals surface area contributed by atoms with Gasteiger partial charge in [-0.1, -0.05) is 11.8 Å². The highest BCUT2D eigenvalue weighted by Crippen LogP contribution is 2.23. The van der Waals surface area contributed by atoms with E-state index in [1.54, 1.807) is 6.33 Å². The highest BCUT2D eigenvalue weighted by atomic mass is 32.2. The van der Waals surface area contributed by atoms with E-state index < -0.39 is 0 Å². The summed E-state index contributed by atoms with van der Waals surface area (Å²) in [7, 11) is 0. The predicted octanol–water partition coefficient (Wildman–Crippen LogP) is 2.27. The van der Waals surface area contributed by atoms with Gasteiger partial charge in [-0.15, -0.1) is 0 Å². The van der Waals surface area contributed by atoms with Crippen molar-refractivity contribution in [2.45, 2.75) is 18.9 Å². The zero-order chi connectivity index (χ0) is 14.1. The van der Waals surface area contributed by atoms with E-state index in [1.807, 2.05) is 19.9 Å². The number of H-pyrrole nitrogens is 2. The number of carbonyl (C=O) groups is 1. The second-order valence-electron chi connectivity index (χ2n) is 4.48. The van der Waals surface area contributed by atoms with E-state index in [9.17, 15) is 4.79 Å². The quantitative estimate of drug-likeness (QED) is 0.436. The Morgan fingerprint density at radius 1 is 1.30 bits per heavy atom. The number of Topliss-reactive ketones (excluding diaryl/α,β-unsaturated/α-hetero) is 1. The third-order valence-electron chi connectivity index (χ3n) is 2.98. The summed E-state index contributed by atoms with van der Waals surface area (Å²) in [4.78, 5) is 30.7. The van der Waals surface area contributed by atoms with Crippen LogP contribution in [0, 0.1) is 13.8 Å². The number of aryl methyl sites for hydroxylation is 2. The van der Waals surface area contributed by atoms with Crippen molar-refractivity contribution in [1.82, 2.24) is 24.9 Å².